The molecular formula is C12H20N2O2. The Morgan fingerprint density at radius 2 is 2.38 bits per heavy atom. The van der Waals surface area contributed by atoms with E-state index in [-0.39, 0.29) is 0 Å². The van der Waals surface area contributed by atoms with Gasteiger partial charge in [-0.3, -0.25) is 0 Å². The Morgan fingerprint density at radius 3 is 3.06 bits per heavy atom. The zero-order chi connectivity index (χ0) is 11.4. The molecule has 1 N–H and O–H groups in total. The summed E-state index contributed by atoms with van der Waals surface area (Å²) >= 11 is 0. The van der Waals surface area contributed by atoms with Gasteiger partial charge in [0.15, 0.2) is 0 Å². The van der Waals surface area contributed by atoms with Gasteiger partial charge < -0.3 is 14.5 Å². The predicted octanol–water partition coefficient (Wildman–Crippen LogP) is 2.35. The molecule has 0 radical (unpaired) electrons. The second kappa shape index (κ2) is 5.34. The molecule has 1 aromatic rings. The average Bonchev–Trinajstić information content (AvgIpc) is 2.94. The lowest BCUT2D eigenvalue weighted by Crippen LogP contribution is -2.21. The van der Waals surface area contributed by atoms with Gasteiger partial charge in [-0.15, -0.1) is 0 Å². The van der Waals surface area contributed by atoms with Crippen molar-refractivity contribution in [1.29, 1.82) is 0 Å². The first-order chi connectivity index (χ1) is 7.74. The van der Waals surface area contributed by atoms with Crippen molar-refractivity contribution in [3.05, 3.63) is 12.0 Å². The van der Waals surface area contributed by atoms with Crippen LogP contribution < -0.4 is 10.1 Å². The lowest BCUT2D eigenvalue weighted by atomic mass is 10.3. The molecule has 0 unspecified atom stereocenters. The Balaban J connectivity index is 1.68. The van der Waals surface area contributed by atoms with Gasteiger partial charge in [0, 0.05) is 12.6 Å². The Hall–Kier alpha value is -1.03. The maximum Gasteiger partial charge on any atom is 0.393 e. The highest BCUT2D eigenvalue weighted by atomic mass is 16.6. The molecule has 0 amide bonds. The first-order valence-corrected chi connectivity index (χ1v) is 6.04. The summed E-state index contributed by atoms with van der Waals surface area (Å²) in [6.45, 7) is 5.66. The van der Waals surface area contributed by atoms with Gasteiger partial charge in [0.05, 0.1) is 12.3 Å². The van der Waals surface area contributed by atoms with Crippen LogP contribution in [0.5, 0.6) is 6.08 Å². The molecule has 0 bridgehead atoms. The van der Waals surface area contributed by atoms with Gasteiger partial charge in [0.25, 0.3) is 0 Å². The highest BCUT2D eigenvalue weighted by molar-refractivity contribution is 4.99. The van der Waals surface area contributed by atoms with Crippen LogP contribution in [0.15, 0.2) is 10.7 Å². The summed E-state index contributed by atoms with van der Waals surface area (Å²) in [4.78, 5) is 4.25. The molecule has 0 spiro atoms. The minimum atomic E-state index is 0.404. The van der Waals surface area contributed by atoms with Gasteiger partial charge in [-0.05, 0) is 12.3 Å². The van der Waals surface area contributed by atoms with Crippen molar-refractivity contribution in [2.75, 3.05) is 6.61 Å². The molecule has 2 rings (SSSR count). The fourth-order valence-electron chi connectivity index (χ4n) is 1.46. The molecule has 1 heterocycles. The second-order valence-corrected chi connectivity index (χ2v) is 4.72. The molecule has 1 aliphatic rings. The lowest BCUT2D eigenvalue weighted by Gasteiger charge is -2.04. The highest BCUT2D eigenvalue weighted by Crippen LogP contribution is 2.32. The molecule has 0 aliphatic heterocycles. The minimum absolute atomic E-state index is 0.404. The van der Waals surface area contributed by atoms with Crippen LogP contribution >= 0.6 is 0 Å². The number of hydrogen-bond acceptors (Lipinski definition) is 4. The summed E-state index contributed by atoms with van der Waals surface area (Å²) in [6.07, 6.45) is 5.90. The summed E-state index contributed by atoms with van der Waals surface area (Å²) in [5, 5.41) is 3.28. The monoisotopic (exact) mass is 224 g/mol. The van der Waals surface area contributed by atoms with E-state index in [4.69, 9.17) is 9.15 Å². The quantitative estimate of drug-likeness (QED) is 0.772. The van der Waals surface area contributed by atoms with Crippen LogP contribution in [0.1, 0.15) is 38.8 Å². The first kappa shape index (κ1) is 11.5. The fraction of sp³-hybridized carbons (Fsp3) is 0.750. The van der Waals surface area contributed by atoms with E-state index >= 15 is 0 Å². The van der Waals surface area contributed by atoms with Crippen LogP contribution in [0.2, 0.25) is 0 Å². The largest absolute Gasteiger partial charge is 0.450 e. The zero-order valence-electron chi connectivity index (χ0n) is 10.0. The number of nitrogens with zero attached hydrogens (tertiary/aromatic N) is 1. The summed E-state index contributed by atoms with van der Waals surface area (Å²) in [5.41, 5.74) is 0.898. The Kier molecular flexibility index (Phi) is 3.83. The summed E-state index contributed by atoms with van der Waals surface area (Å²) in [7, 11) is 0. The van der Waals surface area contributed by atoms with Gasteiger partial charge in [-0.25, -0.2) is 0 Å². The summed E-state index contributed by atoms with van der Waals surface area (Å²) in [5.74, 6) is 0.886. The van der Waals surface area contributed by atoms with Crippen molar-refractivity contribution < 1.29 is 9.15 Å². The fourth-order valence-corrected chi connectivity index (χ4v) is 1.46. The molecule has 90 valence electrons. The third-order valence-electron chi connectivity index (χ3n) is 2.67. The third-order valence-corrected chi connectivity index (χ3v) is 2.67. The van der Waals surface area contributed by atoms with Gasteiger partial charge >= 0.3 is 6.08 Å². The van der Waals surface area contributed by atoms with Gasteiger partial charge in [-0.1, -0.05) is 26.7 Å². The van der Waals surface area contributed by atoms with Crippen molar-refractivity contribution in [3.63, 3.8) is 0 Å². The van der Waals surface area contributed by atoms with Crippen LogP contribution in [-0.4, -0.2) is 17.6 Å². The minimum Gasteiger partial charge on any atom is -0.450 e. The van der Waals surface area contributed by atoms with E-state index in [9.17, 15) is 0 Å². The molecule has 1 saturated carbocycles. The van der Waals surface area contributed by atoms with Crippen LogP contribution in [0.3, 0.4) is 0 Å². The van der Waals surface area contributed by atoms with Crippen molar-refractivity contribution in [1.82, 2.24) is 10.3 Å². The number of rotatable bonds is 7. The van der Waals surface area contributed by atoms with E-state index in [0.29, 0.717) is 12.1 Å². The van der Waals surface area contributed by atoms with E-state index in [2.05, 4.69) is 24.1 Å². The Morgan fingerprint density at radius 1 is 1.56 bits per heavy atom. The van der Waals surface area contributed by atoms with Crippen molar-refractivity contribution in [2.24, 2.45) is 5.92 Å². The Labute approximate surface area is 96.4 Å². The summed E-state index contributed by atoms with van der Waals surface area (Å²) < 4.78 is 10.7. The van der Waals surface area contributed by atoms with E-state index < -0.39 is 0 Å². The van der Waals surface area contributed by atoms with Gasteiger partial charge in [0.2, 0.25) is 0 Å². The maximum absolute atomic E-state index is 5.44. The normalized spacial score (nSPS) is 15.7. The number of aromatic nitrogens is 1. The maximum atomic E-state index is 5.44. The molecule has 4 nitrogen and oxygen atoms in total. The van der Waals surface area contributed by atoms with E-state index in [1.807, 2.05) is 0 Å². The Bertz CT molecular complexity index is 319. The molecule has 1 aromatic heterocycles. The van der Waals surface area contributed by atoms with Crippen LogP contribution in [-0.2, 0) is 6.54 Å². The molecular weight excluding hydrogens is 204 g/mol. The molecule has 16 heavy (non-hydrogen) atoms. The smallest absolute Gasteiger partial charge is 0.393 e. The summed E-state index contributed by atoms with van der Waals surface area (Å²) in [6, 6.07) is 0.455. The number of oxazole rings is 1. The second-order valence-electron chi connectivity index (χ2n) is 4.72. The van der Waals surface area contributed by atoms with Crippen LogP contribution in [0, 0.1) is 5.92 Å². The van der Waals surface area contributed by atoms with Crippen LogP contribution in [0.25, 0.3) is 0 Å². The van der Waals surface area contributed by atoms with E-state index in [1.165, 1.54) is 12.8 Å². The number of nitrogens with one attached hydrogen (secondary N) is 1. The standard InChI is InChI=1S/C12H20N2O2/c1-9(2)13-7-11-8-16-12(14-11)15-6-5-10-3-4-10/h8-10,13H,3-7H2,1-2H3. The molecule has 0 atom stereocenters. The molecule has 1 fully saturated rings. The topological polar surface area (TPSA) is 47.3 Å². The molecule has 4 heteroatoms. The molecule has 1 aliphatic carbocycles. The predicted molar refractivity (Wildman–Crippen MR) is 61.3 cm³/mol. The van der Waals surface area contributed by atoms with Gasteiger partial charge in [-0.2, -0.15) is 4.98 Å². The van der Waals surface area contributed by atoms with Crippen molar-refractivity contribution in [3.8, 4) is 6.08 Å². The number of ether oxygens (including phenoxy) is 1. The highest BCUT2D eigenvalue weighted by Gasteiger charge is 2.21. The first-order valence-electron chi connectivity index (χ1n) is 6.04. The number of hydrogen-bond donors (Lipinski definition) is 1. The van der Waals surface area contributed by atoms with Gasteiger partial charge in [0.1, 0.15) is 6.26 Å². The average molecular weight is 224 g/mol. The SMILES string of the molecule is CC(C)NCc1coc(OCCC2CC2)n1. The van der Waals surface area contributed by atoms with E-state index in [0.717, 1.165) is 31.2 Å². The third kappa shape index (κ3) is 3.85. The van der Waals surface area contributed by atoms with Crippen LogP contribution in [0.4, 0.5) is 0 Å². The van der Waals surface area contributed by atoms with Crippen molar-refractivity contribution in [2.45, 2.75) is 45.7 Å². The van der Waals surface area contributed by atoms with E-state index in [1.54, 1.807) is 6.26 Å². The zero-order valence-corrected chi connectivity index (χ0v) is 10.0. The molecule has 0 aromatic carbocycles. The molecule has 0 saturated heterocycles. The van der Waals surface area contributed by atoms with Crippen molar-refractivity contribution >= 4 is 0 Å². The lowest BCUT2D eigenvalue weighted by molar-refractivity contribution is 0.222.